The molecule has 1 fully saturated rings. The van der Waals surface area contributed by atoms with Crippen LogP contribution in [0.3, 0.4) is 0 Å². The molecule has 1 aromatic heterocycles. The normalized spacial score (nSPS) is 15.3. The van der Waals surface area contributed by atoms with Crippen molar-refractivity contribution >= 4 is 15.9 Å². The van der Waals surface area contributed by atoms with Gasteiger partial charge in [-0.1, -0.05) is 0 Å². The number of aromatic nitrogens is 2. The number of hydrogen-bond donors (Lipinski definition) is 0. The molecule has 2 aromatic rings. The number of carbonyl (C=O) groups is 1. The number of benzene rings is 1. The van der Waals surface area contributed by atoms with Gasteiger partial charge in [-0.25, -0.2) is 12.8 Å². The number of piperazine rings is 1. The summed E-state index contributed by atoms with van der Waals surface area (Å²) in [6, 6.07) is 5.51. The van der Waals surface area contributed by atoms with Crippen molar-refractivity contribution < 1.29 is 17.6 Å². The van der Waals surface area contributed by atoms with Crippen molar-refractivity contribution in [2.75, 3.05) is 26.2 Å². The lowest BCUT2D eigenvalue weighted by atomic mass is 10.1. The molecule has 0 aliphatic carbocycles. The summed E-state index contributed by atoms with van der Waals surface area (Å²) in [4.78, 5) is 14.2. The van der Waals surface area contributed by atoms with Gasteiger partial charge in [0, 0.05) is 32.7 Å². The minimum absolute atomic E-state index is 0.113. The van der Waals surface area contributed by atoms with E-state index in [9.17, 15) is 17.6 Å². The van der Waals surface area contributed by atoms with Crippen molar-refractivity contribution in [3.63, 3.8) is 0 Å². The summed E-state index contributed by atoms with van der Waals surface area (Å²) < 4.78 is 43.3. The first-order valence-corrected chi connectivity index (χ1v) is 10.7. The van der Waals surface area contributed by atoms with Crippen molar-refractivity contribution in [1.29, 1.82) is 5.26 Å². The van der Waals surface area contributed by atoms with Gasteiger partial charge in [-0.2, -0.15) is 14.7 Å². The van der Waals surface area contributed by atoms with Gasteiger partial charge in [0.2, 0.25) is 10.0 Å². The molecule has 154 valence electrons. The average Bonchev–Trinajstić information content (AvgIpc) is 3.01. The highest BCUT2D eigenvalue weighted by atomic mass is 32.2. The molecule has 0 spiro atoms. The molecule has 10 heteroatoms. The molecule has 0 N–H and O–H groups in total. The van der Waals surface area contributed by atoms with E-state index in [2.05, 4.69) is 5.10 Å². The second-order valence-corrected chi connectivity index (χ2v) is 8.69. The van der Waals surface area contributed by atoms with Crippen LogP contribution in [0.25, 0.3) is 0 Å². The fraction of sp³-hybridized carbons (Fsp3) is 0.421. The molecule has 29 heavy (non-hydrogen) atoms. The molecule has 2 heterocycles. The van der Waals surface area contributed by atoms with Crippen LogP contribution in [0, 0.1) is 31.0 Å². The van der Waals surface area contributed by atoms with Crippen molar-refractivity contribution in [2.24, 2.45) is 0 Å². The third-order valence-corrected chi connectivity index (χ3v) is 7.22. The van der Waals surface area contributed by atoms with E-state index in [0.717, 1.165) is 6.07 Å². The quantitative estimate of drug-likeness (QED) is 0.751. The fourth-order valence-corrected chi connectivity index (χ4v) is 5.35. The van der Waals surface area contributed by atoms with Crippen LogP contribution >= 0.6 is 0 Å². The first kappa shape index (κ1) is 21.0. The maximum absolute atomic E-state index is 14.1. The topological polar surface area (TPSA) is 99.3 Å². The number of nitriles is 1. The Morgan fingerprint density at radius 2 is 1.90 bits per heavy atom. The number of amides is 1. The van der Waals surface area contributed by atoms with Gasteiger partial charge in [-0.15, -0.1) is 0 Å². The lowest BCUT2D eigenvalue weighted by Gasteiger charge is -2.34. The molecule has 0 radical (unpaired) electrons. The van der Waals surface area contributed by atoms with E-state index in [1.165, 1.54) is 21.3 Å². The summed E-state index contributed by atoms with van der Waals surface area (Å²) in [5.74, 6) is -1.28. The standard InChI is InChI=1S/C19H22FN5O3S/c1-4-25-14(3)18(13(2)22-25)29(27,28)24-9-7-23(8-10-24)19(26)16-6-5-15(12-21)11-17(16)20/h5-6,11H,4,7-10H2,1-3H3. The van der Waals surface area contributed by atoms with E-state index in [4.69, 9.17) is 5.26 Å². The second kappa shape index (κ2) is 7.93. The predicted molar refractivity (Wildman–Crippen MR) is 103 cm³/mol. The van der Waals surface area contributed by atoms with Crippen LogP contribution in [0.5, 0.6) is 0 Å². The van der Waals surface area contributed by atoms with Crippen LogP contribution in [-0.2, 0) is 16.6 Å². The summed E-state index contributed by atoms with van der Waals surface area (Å²) in [7, 11) is -3.74. The van der Waals surface area contributed by atoms with Gasteiger partial charge in [0.1, 0.15) is 10.7 Å². The highest BCUT2D eigenvalue weighted by Gasteiger charge is 2.34. The van der Waals surface area contributed by atoms with Crippen LogP contribution in [0.15, 0.2) is 23.1 Å². The average molecular weight is 419 g/mol. The third kappa shape index (κ3) is 3.75. The molecule has 1 aromatic carbocycles. The molecule has 1 amide bonds. The smallest absolute Gasteiger partial charge is 0.256 e. The van der Waals surface area contributed by atoms with E-state index in [0.29, 0.717) is 17.9 Å². The zero-order chi connectivity index (χ0) is 21.3. The van der Waals surface area contributed by atoms with Gasteiger partial charge in [-0.3, -0.25) is 9.48 Å². The van der Waals surface area contributed by atoms with Gasteiger partial charge in [-0.05, 0) is 39.0 Å². The largest absolute Gasteiger partial charge is 0.336 e. The zero-order valence-corrected chi connectivity index (χ0v) is 17.3. The molecule has 3 rings (SSSR count). The van der Waals surface area contributed by atoms with Gasteiger partial charge < -0.3 is 4.90 Å². The summed E-state index contributed by atoms with van der Waals surface area (Å²) >= 11 is 0. The molecule has 0 unspecified atom stereocenters. The SMILES string of the molecule is CCn1nc(C)c(S(=O)(=O)N2CCN(C(=O)c3ccc(C#N)cc3F)CC2)c1C. The first-order chi connectivity index (χ1) is 13.7. The number of halogens is 1. The van der Waals surface area contributed by atoms with Crippen LogP contribution in [0.4, 0.5) is 4.39 Å². The van der Waals surface area contributed by atoms with Gasteiger partial charge >= 0.3 is 0 Å². The lowest BCUT2D eigenvalue weighted by Crippen LogP contribution is -2.50. The molecule has 0 atom stereocenters. The van der Waals surface area contributed by atoms with Gasteiger partial charge in [0.25, 0.3) is 5.91 Å². The molecule has 1 saturated heterocycles. The van der Waals surface area contributed by atoms with Crippen LogP contribution in [0.1, 0.15) is 34.2 Å². The molecule has 0 bridgehead atoms. The number of sulfonamides is 1. The Balaban J connectivity index is 1.76. The van der Waals surface area contributed by atoms with E-state index in [-0.39, 0.29) is 42.2 Å². The van der Waals surface area contributed by atoms with E-state index in [1.807, 2.05) is 13.0 Å². The molecule has 1 aliphatic rings. The van der Waals surface area contributed by atoms with Crippen molar-refractivity contribution in [3.05, 3.63) is 46.5 Å². The Labute approximate surface area is 169 Å². The number of rotatable bonds is 4. The zero-order valence-electron chi connectivity index (χ0n) is 16.5. The fourth-order valence-electron chi connectivity index (χ4n) is 3.55. The summed E-state index contributed by atoms with van der Waals surface area (Å²) in [6.45, 7) is 6.38. The highest BCUT2D eigenvalue weighted by Crippen LogP contribution is 2.25. The Kier molecular flexibility index (Phi) is 5.73. The Morgan fingerprint density at radius 1 is 1.24 bits per heavy atom. The Hall–Kier alpha value is -2.77. The monoisotopic (exact) mass is 419 g/mol. The Morgan fingerprint density at radius 3 is 2.41 bits per heavy atom. The van der Waals surface area contributed by atoms with Crippen LogP contribution in [0.2, 0.25) is 0 Å². The van der Waals surface area contributed by atoms with Crippen molar-refractivity contribution in [2.45, 2.75) is 32.2 Å². The van der Waals surface area contributed by atoms with Crippen LogP contribution in [-0.4, -0.2) is 59.5 Å². The minimum atomic E-state index is -3.74. The van der Waals surface area contributed by atoms with Crippen molar-refractivity contribution in [1.82, 2.24) is 19.0 Å². The van der Waals surface area contributed by atoms with Gasteiger partial charge in [0.15, 0.2) is 0 Å². The van der Waals surface area contributed by atoms with Crippen molar-refractivity contribution in [3.8, 4) is 6.07 Å². The number of nitrogens with zero attached hydrogens (tertiary/aromatic N) is 5. The minimum Gasteiger partial charge on any atom is -0.336 e. The van der Waals surface area contributed by atoms with Gasteiger partial charge in [0.05, 0.1) is 28.6 Å². The van der Waals surface area contributed by atoms with E-state index >= 15 is 0 Å². The van der Waals surface area contributed by atoms with E-state index < -0.39 is 21.7 Å². The predicted octanol–water partition coefficient (Wildman–Crippen LogP) is 1.68. The highest BCUT2D eigenvalue weighted by molar-refractivity contribution is 7.89. The molecular weight excluding hydrogens is 397 g/mol. The maximum atomic E-state index is 14.1. The van der Waals surface area contributed by atoms with E-state index in [1.54, 1.807) is 18.5 Å². The molecule has 0 saturated carbocycles. The summed E-state index contributed by atoms with van der Waals surface area (Å²) in [6.07, 6.45) is 0. The number of hydrogen-bond acceptors (Lipinski definition) is 5. The molecular formula is C19H22FN5O3S. The second-order valence-electron chi connectivity index (χ2n) is 6.82. The first-order valence-electron chi connectivity index (χ1n) is 9.23. The molecule has 1 aliphatic heterocycles. The van der Waals surface area contributed by atoms with Crippen LogP contribution < -0.4 is 0 Å². The molecule has 8 nitrogen and oxygen atoms in total. The summed E-state index contributed by atoms with van der Waals surface area (Å²) in [5, 5.41) is 13.1. The number of carbonyl (C=O) groups excluding carboxylic acids is 1. The third-order valence-electron chi connectivity index (χ3n) is 5.07. The lowest BCUT2D eigenvalue weighted by molar-refractivity contribution is 0.0693. The summed E-state index contributed by atoms with van der Waals surface area (Å²) in [5.41, 5.74) is 1.04. The Bertz CT molecular complexity index is 1100. The maximum Gasteiger partial charge on any atom is 0.256 e. The number of aryl methyl sites for hydroxylation is 2.